The van der Waals surface area contributed by atoms with Crippen LogP contribution in [-0.2, 0) is 13.2 Å². The Kier molecular flexibility index (Phi) is 5.35. The minimum absolute atomic E-state index is 0.512. The number of rotatable bonds is 6. The van der Waals surface area contributed by atoms with Gasteiger partial charge >= 0.3 is 0 Å². The molecule has 0 unspecified atom stereocenters. The molecule has 22 heavy (non-hydrogen) atoms. The SMILES string of the molecule is Clc1c(OCc2ccccc2)cnn1CCN1CCCCC1. The molecule has 1 aliphatic heterocycles. The van der Waals surface area contributed by atoms with E-state index >= 15 is 0 Å². The van der Waals surface area contributed by atoms with Gasteiger partial charge in [-0.15, -0.1) is 0 Å². The van der Waals surface area contributed by atoms with E-state index in [9.17, 15) is 0 Å². The van der Waals surface area contributed by atoms with Gasteiger partial charge in [0.2, 0.25) is 0 Å². The van der Waals surface area contributed by atoms with Crippen LogP contribution >= 0.6 is 11.6 Å². The quantitative estimate of drug-likeness (QED) is 0.815. The molecule has 0 aliphatic carbocycles. The lowest BCUT2D eigenvalue weighted by Crippen LogP contribution is -2.32. The monoisotopic (exact) mass is 319 g/mol. The maximum absolute atomic E-state index is 6.37. The zero-order valence-electron chi connectivity index (χ0n) is 12.7. The summed E-state index contributed by atoms with van der Waals surface area (Å²) in [4.78, 5) is 2.48. The van der Waals surface area contributed by atoms with Crippen LogP contribution in [0.15, 0.2) is 36.5 Å². The van der Waals surface area contributed by atoms with Crippen LogP contribution in [0.3, 0.4) is 0 Å². The fourth-order valence-corrected chi connectivity index (χ4v) is 2.99. The van der Waals surface area contributed by atoms with Gasteiger partial charge in [-0.1, -0.05) is 48.4 Å². The molecule has 1 aromatic carbocycles. The van der Waals surface area contributed by atoms with Gasteiger partial charge in [0, 0.05) is 6.54 Å². The second kappa shape index (κ2) is 7.65. The maximum Gasteiger partial charge on any atom is 0.176 e. The number of hydrogen-bond acceptors (Lipinski definition) is 3. The molecule has 0 saturated carbocycles. The Balaban J connectivity index is 1.52. The van der Waals surface area contributed by atoms with E-state index in [0.29, 0.717) is 17.5 Å². The fraction of sp³-hybridized carbons (Fsp3) is 0.471. The van der Waals surface area contributed by atoms with E-state index in [2.05, 4.69) is 10.00 Å². The molecule has 1 aromatic heterocycles. The number of ether oxygens (including phenoxy) is 1. The van der Waals surface area contributed by atoms with Gasteiger partial charge in [-0.25, -0.2) is 4.68 Å². The second-order valence-corrected chi connectivity index (χ2v) is 6.06. The van der Waals surface area contributed by atoms with E-state index in [0.717, 1.165) is 18.7 Å². The Morgan fingerprint density at radius 2 is 1.82 bits per heavy atom. The average molecular weight is 320 g/mol. The van der Waals surface area contributed by atoms with Gasteiger partial charge in [-0.2, -0.15) is 5.10 Å². The molecular formula is C17H22ClN3O. The highest BCUT2D eigenvalue weighted by atomic mass is 35.5. The van der Waals surface area contributed by atoms with Crippen LogP contribution in [0, 0.1) is 0 Å². The summed E-state index contributed by atoms with van der Waals surface area (Å²) in [5.74, 6) is 0.657. The molecule has 0 atom stereocenters. The molecule has 1 aliphatic rings. The van der Waals surface area contributed by atoms with Crippen molar-refractivity contribution in [1.29, 1.82) is 0 Å². The van der Waals surface area contributed by atoms with E-state index in [-0.39, 0.29) is 0 Å². The first-order valence-electron chi connectivity index (χ1n) is 7.93. The summed E-state index contributed by atoms with van der Waals surface area (Å²) in [6, 6.07) is 10.1. The smallest absolute Gasteiger partial charge is 0.176 e. The summed E-state index contributed by atoms with van der Waals surface area (Å²) in [6.07, 6.45) is 5.68. The van der Waals surface area contributed by atoms with Crippen molar-refractivity contribution in [1.82, 2.24) is 14.7 Å². The third kappa shape index (κ3) is 4.02. The predicted molar refractivity (Wildman–Crippen MR) is 88.3 cm³/mol. The summed E-state index contributed by atoms with van der Waals surface area (Å²) in [7, 11) is 0. The van der Waals surface area contributed by atoms with Gasteiger partial charge in [-0.3, -0.25) is 0 Å². The van der Waals surface area contributed by atoms with Gasteiger partial charge in [0.15, 0.2) is 10.9 Å². The Bertz CT molecular complexity index is 579. The Hall–Kier alpha value is -1.52. The lowest BCUT2D eigenvalue weighted by Gasteiger charge is -2.26. The van der Waals surface area contributed by atoms with Crippen molar-refractivity contribution in [3.8, 4) is 5.75 Å². The Morgan fingerprint density at radius 1 is 1.05 bits per heavy atom. The van der Waals surface area contributed by atoms with Gasteiger partial charge in [0.1, 0.15) is 6.61 Å². The number of likely N-dealkylation sites (tertiary alicyclic amines) is 1. The molecule has 2 aromatic rings. The van der Waals surface area contributed by atoms with Crippen LogP contribution in [-0.4, -0.2) is 34.3 Å². The molecule has 5 heteroatoms. The summed E-state index contributed by atoms with van der Waals surface area (Å²) < 4.78 is 7.60. The average Bonchev–Trinajstić information content (AvgIpc) is 2.93. The normalized spacial score (nSPS) is 15.9. The van der Waals surface area contributed by atoms with Crippen LogP contribution in [0.2, 0.25) is 5.15 Å². The van der Waals surface area contributed by atoms with Crippen molar-refractivity contribution >= 4 is 11.6 Å². The van der Waals surface area contributed by atoms with E-state index in [1.807, 2.05) is 35.0 Å². The van der Waals surface area contributed by atoms with Gasteiger partial charge in [0.05, 0.1) is 12.7 Å². The minimum Gasteiger partial charge on any atom is -0.484 e. The number of benzene rings is 1. The largest absolute Gasteiger partial charge is 0.484 e. The molecule has 1 saturated heterocycles. The predicted octanol–water partition coefficient (Wildman–Crippen LogP) is 3.60. The number of piperidine rings is 1. The lowest BCUT2D eigenvalue weighted by atomic mass is 10.1. The van der Waals surface area contributed by atoms with Crippen LogP contribution in [0.5, 0.6) is 5.75 Å². The molecule has 4 nitrogen and oxygen atoms in total. The molecule has 0 spiro atoms. The van der Waals surface area contributed by atoms with Crippen molar-refractivity contribution in [3.05, 3.63) is 47.2 Å². The highest BCUT2D eigenvalue weighted by molar-refractivity contribution is 6.31. The molecule has 0 radical (unpaired) electrons. The van der Waals surface area contributed by atoms with Crippen molar-refractivity contribution in [2.75, 3.05) is 19.6 Å². The molecule has 0 N–H and O–H groups in total. The zero-order valence-corrected chi connectivity index (χ0v) is 13.5. The van der Waals surface area contributed by atoms with Crippen molar-refractivity contribution in [2.24, 2.45) is 0 Å². The van der Waals surface area contributed by atoms with E-state index in [1.165, 1.54) is 32.4 Å². The summed E-state index contributed by atoms with van der Waals surface area (Å²) in [5, 5.41) is 4.94. The molecule has 1 fully saturated rings. The summed E-state index contributed by atoms with van der Waals surface area (Å²) >= 11 is 6.37. The third-order valence-electron chi connectivity index (χ3n) is 4.06. The highest BCUT2D eigenvalue weighted by Crippen LogP contribution is 2.24. The number of aromatic nitrogens is 2. The van der Waals surface area contributed by atoms with Gasteiger partial charge in [-0.05, 0) is 31.5 Å². The summed E-state index contributed by atoms with van der Waals surface area (Å²) in [6.45, 7) is 4.71. The first-order valence-corrected chi connectivity index (χ1v) is 8.31. The zero-order chi connectivity index (χ0) is 15.2. The van der Waals surface area contributed by atoms with Crippen molar-refractivity contribution in [3.63, 3.8) is 0 Å². The van der Waals surface area contributed by atoms with E-state index < -0.39 is 0 Å². The number of nitrogens with zero attached hydrogens (tertiary/aromatic N) is 3. The molecule has 2 heterocycles. The van der Waals surface area contributed by atoms with Crippen molar-refractivity contribution < 1.29 is 4.74 Å². The minimum atomic E-state index is 0.512. The fourth-order valence-electron chi connectivity index (χ4n) is 2.76. The third-order valence-corrected chi connectivity index (χ3v) is 4.44. The molecule has 0 bridgehead atoms. The molecule has 118 valence electrons. The maximum atomic E-state index is 6.37. The lowest BCUT2D eigenvalue weighted by molar-refractivity contribution is 0.218. The standard InChI is InChI=1S/C17H22ClN3O/c18-17-16(22-14-15-7-3-1-4-8-15)13-19-21(17)12-11-20-9-5-2-6-10-20/h1,3-4,7-8,13H,2,5-6,9-12,14H2. The first kappa shape index (κ1) is 15.4. The van der Waals surface area contributed by atoms with E-state index in [4.69, 9.17) is 16.3 Å². The molecule has 3 rings (SSSR count). The van der Waals surface area contributed by atoms with Gasteiger partial charge in [0.25, 0.3) is 0 Å². The Labute approximate surface area is 136 Å². The van der Waals surface area contributed by atoms with Crippen LogP contribution in [0.25, 0.3) is 0 Å². The first-order chi connectivity index (χ1) is 10.8. The second-order valence-electron chi connectivity index (χ2n) is 5.70. The van der Waals surface area contributed by atoms with E-state index in [1.54, 1.807) is 6.20 Å². The Morgan fingerprint density at radius 3 is 2.59 bits per heavy atom. The molecule has 0 amide bonds. The topological polar surface area (TPSA) is 30.3 Å². The van der Waals surface area contributed by atoms with Crippen LogP contribution < -0.4 is 4.74 Å². The number of halogens is 1. The molecular weight excluding hydrogens is 298 g/mol. The number of hydrogen-bond donors (Lipinski definition) is 0. The van der Waals surface area contributed by atoms with Crippen molar-refractivity contribution in [2.45, 2.75) is 32.4 Å². The van der Waals surface area contributed by atoms with Crippen LogP contribution in [0.1, 0.15) is 24.8 Å². The summed E-state index contributed by atoms with van der Waals surface area (Å²) in [5.41, 5.74) is 1.12. The van der Waals surface area contributed by atoms with Gasteiger partial charge < -0.3 is 9.64 Å². The highest BCUT2D eigenvalue weighted by Gasteiger charge is 2.13. The van der Waals surface area contributed by atoms with Crippen LogP contribution in [0.4, 0.5) is 0 Å².